The van der Waals surface area contributed by atoms with Gasteiger partial charge in [-0.05, 0) is 31.2 Å². The van der Waals surface area contributed by atoms with Crippen LogP contribution in [-0.4, -0.2) is 29.1 Å². The first kappa shape index (κ1) is 15.3. The molecule has 6 nitrogen and oxygen atoms in total. The minimum Gasteiger partial charge on any atom is -0.478 e. The van der Waals surface area contributed by atoms with Gasteiger partial charge < -0.3 is 10.0 Å². The van der Waals surface area contributed by atoms with Gasteiger partial charge in [-0.15, -0.1) is 0 Å². The highest BCUT2D eigenvalue weighted by Crippen LogP contribution is 2.34. The molecule has 114 valence electrons. The lowest BCUT2D eigenvalue weighted by molar-refractivity contribution is -0.385. The standard InChI is InChI=1S/C15H20N2O4/c1-9-4-5-16(8-10(9)2)13-6-12(15(18)19)7-14(11(13)3)17(20)21/h6-7,9-10H,4-5,8H2,1-3H3,(H,18,19). The van der Waals surface area contributed by atoms with Crippen LogP contribution in [0.25, 0.3) is 0 Å². The molecule has 1 heterocycles. The molecule has 1 N–H and O–H groups in total. The van der Waals surface area contributed by atoms with Gasteiger partial charge in [0, 0.05) is 24.8 Å². The Hall–Kier alpha value is -2.11. The van der Waals surface area contributed by atoms with Crippen molar-refractivity contribution < 1.29 is 14.8 Å². The van der Waals surface area contributed by atoms with Crippen molar-refractivity contribution in [3.05, 3.63) is 33.4 Å². The Morgan fingerprint density at radius 3 is 2.57 bits per heavy atom. The van der Waals surface area contributed by atoms with Gasteiger partial charge in [0.25, 0.3) is 5.69 Å². The van der Waals surface area contributed by atoms with E-state index in [1.165, 1.54) is 0 Å². The molecule has 0 amide bonds. The van der Waals surface area contributed by atoms with Crippen molar-refractivity contribution >= 4 is 17.3 Å². The Bertz CT molecular complexity index is 585. The second-order valence-electron chi connectivity index (χ2n) is 5.89. The van der Waals surface area contributed by atoms with Crippen LogP contribution in [0.3, 0.4) is 0 Å². The lowest BCUT2D eigenvalue weighted by atomic mass is 9.88. The summed E-state index contributed by atoms with van der Waals surface area (Å²) in [6, 6.07) is 2.69. The van der Waals surface area contributed by atoms with Crippen molar-refractivity contribution in [1.29, 1.82) is 0 Å². The van der Waals surface area contributed by atoms with E-state index in [-0.39, 0.29) is 11.3 Å². The summed E-state index contributed by atoms with van der Waals surface area (Å²) in [6.45, 7) is 7.63. The quantitative estimate of drug-likeness (QED) is 0.683. The molecule has 1 aliphatic heterocycles. The second-order valence-corrected chi connectivity index (χ2v) is 5.89. The van der Waals surface area contributed by atoms with Gasteiger partial charge in [-0.2, -0.15) is 0 Å². The summed E-state index contributed by atoms with van der Waals surface area (Å²) in [5.41, 5.74) is 1.04. The summed E-state index contributed by atoms with van der Waals surface area (Å²) < 4.78 is 0. The van der Waals surface area contributed by atoms with Crippen molar-refractivity contribution in [3.63, 3.8) is 0 Å². The molecule has 0 spiro atoms. The number of hydrogen-bond donors (Lipinski definition) is 1. The molecule has 1 fully saturated rings. The summed E-state index contributed by atoms with van der Waals surface area (Å²) in [5, 5.41) is 20.3. The SMILES string of the molecule is Cc1c(N2CCC(C)C(C)C2)cc(C(=O)O)cc1[N+](=O)[O-]. The predicted molar refractivity (Wildman–Crippen MR) is 80.0 cm³/mol. The first-order valence-electron chi connectivity index (χ1n) is 7.08. The predicted octanol–water partition coefficient (Wildman–Crippen LogP) is 3.08. The molecule has 2 rings (SSSR count). The highest BCUT2D eigenvalue weighted by atomic mass is 16.6. The van der Waals surface area contributed by atoms with Gasteiger partial charge in [0.2, 0.25) is 0 Å². The number of aromatic carboxylic acids is 1. The Morgan fingerprint density at radius 2 is 2.05 bits per heavy atom. The molecule has 1 aromatic rings. The van der Waals surface area contributed by atoms with E-state index in [0.717, 1.165) is 25.6 Å². The minimum absolute atomic E-state index is 0.0337. The average molecular weight is 292 g/mol. The number of nitro groups is 1. The lowest BCUT2D eigenvalue weighted by Gasteiger charge is -2.37. The molecule has 0 radical (unpaired) electrons. The summed E-state index contributed by atoms with van der Waals surface area (Å²) in [6.07, 6.45) is 1.01. The largest absolute Gasteiger partial charge is 0.478 e. The number of rotatable bonds is 3. The van der Waals surface area contributed by atoms with Gasteiger partial charge in [0.1, 0.15) is 0 Å². The van der Waals surface area contributed by atoms with Crippen LogP contribution in [-0.2, 0) is 0 Å². The lowest BCUT2D eigenvalue weighted by Crippen LogP contribution is -2.38. The molecular formula is C15H20N2O4. The van der Waals surface area contributed by atoms with Gasteiger partial charge >= 0.3 is 5.97 Å². The first-order chi connectivity index (χ1) is 9.81. The summed E-state index contributed by atoms with van der Waals surface area (Å²) in [4.78, 5) is 23.9. The summed E-state index contributed by atoms with van der Waals surface area (Å²) >= 11 is 0. The van der Waals surface area contributed by atoms with E-state index in [1.54, 1.807) is 13.0 Å². The summed E-state index contributed by atoms with van der Waals surface area (Å²) in [5.74, 6) is -0.0531. The molecule has 1 saturated heterocycles. The third-order valence-electron chi connectivity index (χ3n) is 4.47. The monoisotopic (exact) mass is 292 g/mol. The first-order valence-corrected chi connectivity index (χ1v) is 7.08. The number of anilines is 1. The highest BCUT2D eigenvalue weighted by molar-refractivity contribution is 5.90. The van der Waals surface area contributed by atoms with E-state index >= 15 is 0 Å². The van der Waals surface area contributed by atoms with Gasteiger partial charge in [-0.1, -0.05) is 13.8 Å². The molecular weight excluding hydrogens is 272 g/mol. The van der Waals surface area contributed by atoms with Crippen molar-refractivity contribution in [1.82, 2.24) is 0 Å². The fraction of sp³-hybridized carbons (Fsp3) is 0.533. The van der Waals surface area contributed by atoms with Crippen LogP contribution < -0.4 is 4.90 Å². The molecule has 2 atom stereocenters. The van der Waals surface area contributed by atoms with E-state index in [4.69, 9.17) is 5.11 Å². The van der Waals surface area contributed by atoms with Gasteiger partial charge in [0.05, 0.1) is 16.1 Å². The van der Waals surface area contributed by atoms with Crippen LogP contribution >= 0.6 is 0 Å². The van der Waals surface area contributed by atoms with E-state index < -0.39 is 10.9 Å². The highest BCUT2D eigenvalue weighted by Gasteiger charge is 2.27. The number of hydrogen-bond acceptors (Lipinski definition) is 4. The zero-order valence-corrected chi connectivity index (χ0v) is 12.5. The van der Waals surface area contributed by atoms with Crippen molar-refractivity contribution in [2.75, 3.05) is 18.0 Å². The van der Waals surface area contributed by atoms with Crippen LogP contribution in [0.1, 0.15) is 36.2 Å². The van der Waals surface area contributed by atoms with E-state index in [9.17, 15) is 14.9 Å². The molecule has 0 bridgehead atoms. The molecule has 0 aliphatic carbocycles. The molecule has 21 heavy (non-hydrogen) atoms. The van der Waals surface area contributed by atoms with Crippen LogP contribution in [0.5, 0.6) is 0 Å². The maximum absolute atomic E-state index is 11.2. The molecule has 2 unspecified atom stereocenters. The number of carbonyl (C=O) groups is 1. The van der Waals surface area contributed by atoms with Crippen LogP contribution in [0, 0.1) is 28.9 Å². The zero-order chi connectivity index (χ0) is 15.7. The topological polar surface area (TPSA) is 83.7 Å². The van der Waals surface area contributed by atoms with Gasteiger partial charge in [-0.25, -0.2) is 4.79 Å². The smallest absolute Gasteiger partial charge is 0.336 e. The number of piperidine rings is 1. The zero-order valence-electron chi connectivity index (χ0n) is 12.5. The second kappa shape index (κ2) is 5.71. The van der Waals surface area contributed by atoms with Gasteiger partial charge in [-0.3, -0.25) is 10.1 Å². The normalized spacial score (nSPS) is 22.1. The van der Waals surface area contributed by atoms with E-state index in [0.29, 0.717) is 23.1 Å². The number of nitro benzene ring substituents is 1. The number of carboxylic acids is 1. The minimum atomic E-state index is -1.14. The van der Waals surface area contributed by atoms with Crippen LogP contribution in [0.2, 0.25) is 0 Å². The Morgan fingerprint density at radius 1 is 1.38 bits per heavy atom. The fourth-order valence-electron chi connectivity index (χ4n) is 2.81. The fourth-order valence-corrected chi connectivity index (χ4v) is 2.81. The third kappa shape index (κ3) is 2.99. The third-order valence-corrected chi connectivity index (χ3v) is 4.47. The molecule has 0 aromatic heterocycles. The summed E-state index contributed by atoms with van der Waals surface area (Å²) in [7, 11) is 0. The van der Waals surface area contributed by atoms with Crippen molar-refractivity contribution in [2.45, 2.75) is 27.2 Å². The Labute approximate surface area is 123 Å². The molecule has 6 heteroatoms. The number of benzene rings is 1. The van der Waals surface area contributed by atoms with E-state index in [2.05, 4.69) is 18.7 Å². The molecule has 0 saturated carbocycles. The number of carboxylic acid groups (broad SMARTS) is 1. The van der Waals surface area contributed by atoms with Crippen molar-refractivity contribution in [2.24, 2.45) is 11.8 Å². The maximum atomic E-state index is 11.2. The van der Waals surface area contributed by atoms with Crippen LogP contribution in [0.15, 0.2) is 12.1 Å². The van der Waals surface area contributed by atoms with E-state index in [1.807, 2.05) is 0 Å². The Balaban J connectivity index is 2.47. The Kier molecular flexibility index (Phi) is 4.16. The van der Waals surface area contributed by atoms with Crippen molar-refractivity contribution in [3.8, 4) is 0 Å². The van der Waals surface area contributed by atoms with Gasteiger partial charge in [0.15, 0.2) is 0 Å². The van der Waals surface area contributed by atoms with Crippen LogP contribution in [0.4, 0.5) is 11.4 Å². The average Bonchev–Trinajstić information content (AvgIpc) is 2.41. The maximum Gasteiger partial charge on any atom is 0.336 e. The number of nitrogens with zero attached hydrogens (tertiary/aromatic N) is 2. The molecule has 1 aliphatic rings. The molecule has 1 aromatic carbocycles.